The number of benzene rings is 1. The van der Waals surface area contributed by atoms with Gasteiger partial charge in [-0.1, -0.05) is 18.2 Å². The lowest BCUT2D eigenvalue weighted by molar-refractivity contribution is 0.895. The zero-order chi connectivity index (χ0) is 14.8. The first kappa shape index (κ1) is 13.3. The first-order valence-electron chi connectivity index (χ1n) is 6.77. The number of hydrogen-bond donors (Lipinski definition) is 1. The molecule has 2 aromatic heterocycles. The van der Waals surface area contributed by atoms with Gasteiger partial charge in [0.2, 0.25) is 5.95 Å². The fraction of sp³-hybridized carbons (Fsp3) is 0.188. The zero-order valence-corrected chi connectivity index (χ0v) is 12.1. The molecule has 0 saturated carbocycles. The summed E-state index contributed by atoms with van der Waals surface area (Å²) in [6.45, 7) is 2.66. The van der Waals surface area contributed by atoms with Crippen LogP contribution in [0.5, 0.6) is 0 Å². The van der Waals surface area contributed by atoms with Gasteiger partial charge in [0.25, 0.3) is 0 Å². The molecule has 0 fully saturated rings. The van der Waals surface area contributed by atoms with E-state index in [2.05, 4.69) is 32.0 Å². The van der Waals surface area contributed by atoms with Crippen LogP contribution in [0.2, 0.25) is 0 Å². The van der Waals surface area contributed by atoms with Crippen LogP contribution in [0.15, 0.2) is 42.7 Å². The van der Waals surface area contributed by atoms with E-state index in [9.17, 15) is 0 Å². The standard InChI is InChI=1S/C16H17N5/c1-11-8-15(20-16(17)19-11)21(2)10-13-5-3-4-12-9-18-7-6-14(12)13/h3-9H,10H2,1-2H3,(H2,17,19,20). The van der Waals surface area contributed by atoms with E-state index in [0.717, 1.165) is 23.4 Å². The maximum Gasteiger partial charge on any atom is 0.222 e. The molecule has 0 spiro atoms. The number of anilines is 2. The van der Waals surface area contributed by atoms with Gasteiger partial charge in [0, 0.05) is 43.1 Å². The summed E-state index contributed by atoms with van der Waals surface area (Å²) >= 11 is 0. The minimum atomic E-state index is 0.305. The molecule has 5 heteroatoms. The summed E-state index contributed by atoms with van der Waals surface area (Å²) < 4.78 is 0. The van der Waals surface area contributed by atoms with Crippen LogP contribution in [0.4, 0.5) is 11.8 Å². The van der Waals surface area contributed by atoms with Gasteiger partial charge >= 0.3 is 0 Å². The van der Waals surface area contributed by atoms with E-state index >= 15 is 0 Å². The average Bonchev–Trinajstić information content (AvgIpc) is 2.46. The molecule has 21 heavy (non-hydrogen) atoms. The topological polar surface area (TPSA) is 67.9 Å². The van der Waals surface area contributed by atoms with Gasteiger partial charge in [-0.15, -0.1) is 0 Å². The third kappa shape index (κ3) is 2.76. The molecule has 0 radical (unpaired) electrons. The molecular weight excluding hydrogens is 262 g/mol. The molecule has 3 rings (SSSR count). The molecule has 0 amide bonds. The monoisotopic (exact) mass is 279 g/mol. The van der Waals surface area contributed by atoms with Crippen LogP contribution in [0.3, 0.4) is 0 Å². The first-order valence-corrected chi connectivity index (χ1v) is 6.77. The Kier molecular flexibility index (Phi) is 3.39. The molecule has 5 nitrogen and oxygen atoms in total. The minimum Gasteiger partial charge on any atom is -0.368 e. The summed E-state index contributed by atoms with van der Waals surface area (Å²) in [6, 6.07) is 10.2. The third-order valence-corrected chi connectivity index (χ3v) is 3.43. The quantitative estimate of drug-likeness (QED) is 0.798. The van der Waals surface area contributed by atoms with Gasteiger partial charge in [-0.25, -0.2) is 4.98 Å². The molecule has 106 valence electrons. The van der Waals surface area contributed by atoms with Crippen LogP contribution < -0.4 is 10.6 Å². The van der Waals surface area contributed by atoms with Gasteiger partial charge in [-0.2, -0.15) is 4.98 Å². The number of pyridine rings is 1. The molecule has 3 aromatic rings. The van der Waals surface area contributed by atoms with Crippen molar-refractivity contribution in [1.82, 2.24) is 15.0 Å². The molecule has 2 N–H and O–H groups in total. The van der Waals surface area contributed by atoms with Crippen LogP contribution in [0.1, 0.15) is 11.3 Å². The van der Waals surface area contributed by atoms with Gasteiger partial charge in [0.15, 0.2) is 0 Å². The summed E-state index contributed by atoms with van der Waals surface area (Å²) in [5, 5.41) is 2.35. The fourth-order valence-corrected chi connectivity index (χ4v) is 2.43. The van der Waals surface area contributed by atoms with Crippen molar-refractivity contribution >= 4 is 22.5 Å². The molecule has 2 heterocycles. The lowest BCUT2D eigenvalue weighted by atomic mass is 10.1. The van der Waals surface area contributed by atoms with E-state index in [-0.39, 0.29) is 0 Å². The van der Waals surface area contributed by atoms with E-state index in [1.165, 1.54) is 10.9 Å². The van der Waals surface area contributed by atoms with Crippen molar-refractivity contribution in [3.8, 4) is 0 Å². The molecule has 0 aliphatic heterocycles. The van der Waals surface area contributed by atoms with Crippen molar-refractivity contribution in [2.75, 3.05) is 17.7 Å². The van der Waals surface area contributed by atoms with Crippen molar-refractivity contribution in [1.29, 1.82) is 0 Å². The zero-order valence-electron chi connectivity index (χ0n) is 12.1. The van der Waals surface area contributed by atoms with E-state index in [4.69, 9.17) is 5.73 Å². The molecule has 0 unspecified atom stereocenters. The molecule has 1 aromatic carbocycles. The number of fused-ring (bicyclic) bond motifs is 1. The van der Waals surface area contributed by atoms with Crippen molar-refractivity contribution in [3.63, 3.8) is 0 Å². The normalized spacial score (nSPS) is 10.8. The highest BCUT2D eigenvalue weighted by molar-refractivity contribution is 5.84. The summed E-state index contributed by atoms with van der Waals surface area (Å²) in [7, 11) is 2.00. The molecule has 0 aliphatic carbocycles. The second-order valence-corrected chi connectivity index (χ2v) is 5.10. The number of rotatable bonds is 3. The van der Waals surface area contributed by atoms with Crippen molar-refractivity contribution in [2.24, 2.45) is 0 Å². The van der Waals surface area contributed by atoms with E-state index in [0.29, 0.717) is 5.95 Å². The van der Waals surface area contributed by atoms with Crippen LogP contribution in [0, 0.1) is 6.92 Å². The Morgan fingerprint density at radius 1 is 1.19 bits per heavy atom. The second-order valence-electron chi connectivity index (χ2n) is 5.10. The van der Waals surface area contributed by atoms with Crippen LogP contribution in [-0.2, 0) is 6.54 Å². The van der Waals surface area contributed by atoms with E-state index < -0.39 is 0 Å². The highest BCUT2D eigenvalue weighted by atomic mass is 15.2. The Hall–Kier alpha value is -2.69. The Morgan fingerprint density at radius 3 is 2.86 bits per heavy atom. The summed E-state index contributed by atoms with van der Waals surface area (Å²) in [5.41, 5.74) is 7.82. The lowest BCUT2D eigenvalue weighted by Gasteiger charge is -2.19. The Labute approximate surface area is 123 Å². The maximum atomic E-state index is 5.72. The molecular formula is C16H17N5. The second kappa shape index (κ2) is 5.36. The van der Waals surface area contributed by atoms with Gasteiger partial charge < -0.3 is 10.6 Å². The molecule has 0 aliphatic rings. The SMILES string of the molecule is Cc1cc(N(C)Cc2cccc3cnccc23)nc(N)n1. The van der Waals surface area contributed by atoms with Crippen LogP contribution >= 0.6 is 0 Å². The summed E-state index contributed by atoms with van der Waals surface area (Å²) in [4.78, 5) is 14.6. The molecule has 0 atom stereocenters. The van der Waals surface area contributed by atoms with Crippen LogP contribution in [0.25, 0.3) is 10.8 Å². The number of nitrogens with zero attached hydrogens (tertiary/aromatic N) is 4. The van der Waals surface area contributed by atoms with Gasteiger partial charge in [0.1, 0.15) is 5.82 Å². The Balaban J connectivity index is 1.94. The number of nitrogens with two attached hydrogens (primary N) is 1. The van der Waals surface area contributed by atoms with Gasteiger partial charge in [0.05, 0.1) is 0 Å². The molecule has 0 saturated heterocycles. The smallest absolute Gasteiger partial charge is 0.222 e. The Morgan fingerprint density at radius 2 is 2.05 bits per heavy atom. The summed E-state index contributed by atoms with van der Waals surface area (Å²) in [5.74, 6) is 1.13. The Bertz CT molecular complexity index is 759. The number of aryl methyl sites for hydroxylation is 1. The molecule has 0 bridgehead atoms. The highest BCUT2D eigenvalue weighted by Crippen LogP contribution is 2.21. The predicted molar refractivity (Wildman–Crippen MR) is 85.0 cm³/mol. The fourth-order valence-electron chi connectivity index (χ4n) is 2.43. The largest absolute Gasteiger partial charge is 0.368 e. The summed E-state index contributed by atoms with van der Waals surface area (Å²) in [6.07, 6.45) is 3.70. The van der Waals surface area contributed by atoms with Gasteiger partial charge in [-0.3, -0.25) is 4.98 Å². The minimum absolute atomic E-state index is 0.305. The first-order chi connectivity index (χ1) is 10.1. The van der Waals surface area contributed by atoms with Crippen molar-refractivity contribution in [3.05, 3.63) is 54.0 Å². The third-order valence-electron chi connectivity index (χ3n) is 3.43. The van der Waals surface area contributed by atoms with Crippen molar-refractivity contribution in [2.45, 2.75) is 13.5 Å². The predicted octanol–water partition coefficient (Wildman–Crippen LogP) is 2.55. The van der Waals surface area contributed by atoms with E-state index in [1.807, 2.05) is 44.6 Å². The number of nitrogen functional groups attached to an aromatic ring is 1. The lowest BCUT2D eigenvalue weighted by Crippen LogP contribution is -2.19. The van der Waals surface area contributed by atoms with Gasteiger partial charge in [-0.05, 0) is 23.9 Å². The number of hydrogen-bond acceptors (Lipinski definition) is 5. The van der Waals surface area contributed by atoms with Crippen LogP contribution in [-0.4, -0.2) is 22.0 Å². The maximum absolute atomic E-state index is 5.72. The number of aromatic nitrogens is 3. The van der Waals surface area contributed by atoms with E-state index in [1.54, 1.807) is 0 Å². The highest BCUT2D eigenvalue weighted by Gasteiger charge is 2.08. The van der Waals surface area contributed by atoms with Crippen molar-refractivity contribution < 1.29 is 0 Å². The average molecular weight is 279 g/mol.